The molecule has 2 aliphatic carbocycles. The van der Waals surface area contributed by atoms with Crippen molar-refractivity contribution in [1.29, 1.82) is 0 Å². The van der Waals surface area contributed by atoms with Crippen LogP contribution in [0, 0.1) is 11.2 Å². The lowest BCUT2D eigenvalue weighted by Gasteiger charge is -2.37. The Labute approximate surface area is 188 Å². The third-order valence-electron chi connectivity index (χ3n) is 6.56. The van der Waals surface area contributed by atoms with Crippen LogP contribution in [0.25, 0.3) is 0 Å². The maximum Gasteiger partial charge on any atom is 0.242 e. The molecule has 2 N–H and O–H groups in total. The van der Waals surface area contributed by atoms with Crippen LogP contribution < -0.4 is 5.32 Å². The number of halogens is 4. The highest BCUT2D eigenvalue weighted by molar-refractivity contribution is 6.42. The summed E-state index contributed by atoms with van der Waals surface area (Å²) in [5.74, 6) is -1.61. The number of carbonyl (C=O) groups is 1. The number of hydrogen-bond donors (Lipinski definition) is 2. The Morgan fingerprint density at radius 1 is 1.32 bits per heavy atom. The predicted molar refractivity (Wildman–Crippen MR) is 110 cm³/mol. The Hall–Kier alpha value is -2.00. The number of phenolic OH excluding ortho intramolecular Hbond substituents is 1. The van der Waals surface area contributed by atoms with Gasteiger partial charge in [-0.05, 0) is 47.9 Å². The normalized spacial score (nSPS) is 25.9. The molecule has 2 bridgehead atoms. The van der Waals surface area contributed by atoms with E-state index in [0.717, 1.165) is 6.07 Å². The molecular formula is C20H23Cl2F2N5O2. The van der Waals surface area contributed by atoms with Crippen LogP contribution in [-0.4, -0.2) is 36.9 Å². The highest BCUT2D eigenvalue weighted by Crippen LogP contribution is 2.64. The lowest BCUT2D eigenvalue weighted by atomic mass is 9.74. The van der Waals surface area contributed by atoms with E-state index in [2.05, 4.69) is 20.8 Å². The molecule has 0 aliphatic heterocycles. The van der Waals surface area contributed by atoms with Gasteiger partial charge in [-0.3, -0.25) is 4.79 Å². The first-order valence-electron chi connectivity index (χ1n) is 10.2. The van der Waals surface area contributed by atoms with E-state index in [9.17, 15) is 9.90 Å². The van der Waals surface area contributed by atoms with Crippen LogP contribution in [0.5, 0.6) is 5.75 Å². The molecule has 1 aromatic heterocycles. The highest BCUT2D eigenvalue weighted by atomic mass is 35.5. The number of nitrogens with zero attached hydrogens (tertiary/aromatic N) is 4. The molecule has 0 spiro atoms. The minimum atomic E-state index is -1.34. The van der Waals surface area contributed by atoms with Crippen LogP contribution >= 0.6 is 23.2 Å². The number of rotatable bonds is 6. The van der Waals surface area contributed by atoms with Crippen molar-refractivity contribution >= 4 is 29.1 Å². The lowest BCUT2D eigenvalue weighted by Crippen LogP contribution is -2.41. The number of aromatic nitrogens is 4. The van der Waals surface area contributed by atoms with Crippen molar-refractivity contribution in [2.45, 2.75) is 70.1 Å². The molecule has 1 heterocycles. The van der Waals surface area contributed by atoms with E-state index in [0.29, 0.717) is 31.5 Å². The molecule has 31 heavy (non-hydrogen) atoms. The second-order valence-corrected chi connectivity index (χ2v) is 9.74. The number of tetrazole rings is 1. The van der Waals surface area contributed by atoms with E-state index in [4.69, 9.17) is 23.2 Å². The molecule has 2 saturated carbocycles. The molecule has 1 amide bonds. The largest absolute Gasteiger partial charge is 0.505 e. The Bertz CT molecular complexity index is 995. The third-order valence-corrected chi connectivity index (χ3v) is 7.36. The van der Waals surface area contributed by atoms with Gasteiger partial charge in [0.1, 0.15) is 12.2 Å². The zero-order valence-corrected chi connectivity index (χ0v) is 18.6. The van der Waals surface area contributed by atoms with Crippen molar-refractivity contribution in [3.05, 3.63) is 33.3 Å². The Balaban J connectivity index is 1.71. The van der Waals surface area contributed by atoms with Crippen molar-refractivity contribution < 1.29 is 18.7 Å². The van der Waals surface area contributed by atoms with Crippen molar-refractivity contribution in [2.24, 2.45) is 5.41 Å². The molecule has 0 saturated heterocycles. The van der Waals surface area contributed by atoms with Gasteiger partial charge in [-0.25, -0.2) is 13.5 Å². The van der Waals surface area contributed by atoms with Crippen molar-refractivity contribution in [1.82, 2.24) is 25.5 Å². The first-order chi connectivity index (χ1) is 14.6. The molecule has 11 heteroatoms. The van der Waals surface area contributed by atoms with Crippen LogP contribution in [0.1, 0.15) is 69.3 Å². The van der Waals surface area contributed by atoms with Gasteiger partial charge in [0.25, 0.3) is 0 Å². The van der Waals surface area contributed by atoms with E-state index < -0.39 is 34.6 Å². The van der Waals surface area contributed by atoms with Crippen LogP contribution in [0.3, 0.4) is 0 Å². The smallest absolute Gasteiger partial charge is 0.242 e. The minimum absolute atomic E-state index is 0.00854. The van der Waals surface area contributed by atoms with E-state index in [1.807, 2.05) is 13.8 Å². The summed E-state index contributed by atoms with van der Waals surface area (Å²) in [4.78, 5) is 13.0. The SMILES string of the molecule is CC(C)c1nnnn1CC(=O)NC(c1c(F)c(O)cc(Cl)c1Cl)C12CCC(F)(CC1)C2. The molecule has 1 atom stereocenters. The maximum atomic E-state index is 15.1. The molecule has 2 fully saturated rings. The van der Waals surface area contributed by atoms with Gasteiger partial charge < -0.3 is 10.4 Å². The fraction of sp³-hybridized carbons (Fsp3) is 0.600. The second kappa shape index (κ2) is 7.85. The quantitative estimate of drug-likeness (QED) is 0.603. The molecule has 2 aliphatic rings. The summed E-state index contributed by atoms with van der Waals surface area (Å²) in [6, 6.07) is 0.0501. The lowest BCUT2D eigenvalue weighted by molar-refractivity contribution is -0.123. The summed E-state index contributed by atoms with van der Waals surface area (Å²) in [7, 11) is 0. The molecule has 0 radical (unpaired) electrons. The van der Waals surface area contributed by atoms with E-state index in [1.54, 1.807) is 0 Å². The molecular weight excluding hydrogens is 451 g/mol. The molecule has 4 rings (SSSR count). The number of amides is 1. The summed E-state index contributed by atoms with van der Waals surface area (Å²) in [5, 5.41) is 24.1. The predicted octanol–water partition coefficient (Wildman–Crippen LogP) is 4.48. The highest BCUT2D eigenvalue weighted by Gasteiger charge is 2.59. The number of aromatic hydroxyl groups is 1. The van der Waals surface area contributed by atoms with Gasteiger partial charge in [0.15, 0.2) is 17.4 Å². The number of alkyl halides is 1. The number of fused-ring (bicyclic) bond motifs is 2. The standard InChI is InChI=1S/C20H23Cl2F2N5O2/c1-10(2)18-26-27-28-29(18)8-13(31)25-17(19-3-5-20(24,9-19)6-4-19)14-15(22)11(21)7-12(30)16(14)23/h7,10,17,30H,3-6,8-9H2,1-2H3,(H,25,31). The number of benzene rings is 1. The average Bonchev–Trinajstić information content (AvgIpc) is 3.39. The minimum Gasteiger partial charge on any atom is -0.505 e. The van der Waals surface area contributed by atoms with Gasteiger partial charge in [0.2, 0.25) is 5.91 Å². The Morgan fingerprint density at radius 2 is 2.00 bits per heavy atom. The molecule has 168 valence electrons. The van der Waals surface area contributed by atoms with Crippen LogP contribution in [0.4, 0.5) is 8.78 Å². The van der Waals surface area contributed by atoms with Crippen LogP contribution in [0.2, 0.25) is 10.0 Å². The van der Waals surface area contributed by atoms with Crippen LogP contribution in [-0.2, 0) is 11.3 Å². The zero-order chi connectivity index (χ0) is 22.6. The zero-order valence-electron chi connectivity index (χ0n) is 17.1. The third kappa shape index (κ3) is 3.86. The molecule has 1 unspecified atom stereocenters. The summed E-state index contributed by atoms with van der Waals surface area (Å²) in [5.41, 5.74) is -2.19. The second-order valence-electron chi connectivity index (χ2n) is 8.96. The van der Waals surface area contributed by atoms with Gasteiger partial charge in [-0.2, -0.15) is 0 Å². The first kappa shape index (κ1) is 22.2. The van der Waals surface area contributed by atoms with Gasteiger partial charge in [0.05, 0.1) is 16.1 Å². The summed E-state index contributed by atoms with van der Waals surface area (Å²) in [6.07, 6.45) is 1.75. The number of nitrogens with one attached hydrogen (secondary N) is 1. The van der Waals surface area contributed by atoms with Gasteiger partial charge in [-0.15, -0.1) is 5.10 Å². The van der Waals surface area contributed by atoms with Gasteiger partial charge in [0, 0.05) is 17.5 Å². The van der Waals surface area contributed by atoms with Crippen LogP contribution in [0.15, 0.2) is 6.07 Å². The average molecular weight is 474 g/mol. The fourth-order valence-electron chi connectivity index (χ4n) is 5.05. The fourth-order valence-corrected chi connectivity index (χ4v) is 5.50. The monoisotopic (exact) mass is 473 g/mol. The molecule has 1 aromatic carbocycles. The van der Waals surface area contributed by atoms with E-state index in [1.165, 1.54) is 4.68 Å². The summed E-state index contributed by atoms with van der Waals surface area (Å²) in [6.45, 7) is 3.59. The number of carbonyl (C=O) groups excluding carboxylic acids is 1. The van der Waals surface area contributed by atoms with Gasteiger partial charge in [-0.1, -0.05) is 37.0 Å². The topological polar surface area (TPSA) is 92.9 Å². The van der Waals surface area contributed by atoms with E-state index in [-0.39, 0.29) is 34.5 Å². The van der Waals surface area contributed by atoms with E-state index >= 15 is 8.78 Å². The van der Waals surface area contributed by atoms with Crippen molar-refractivity contribution in [3.63, 3.8) is 0 Å². The van der Waals surface area contributed by atoms with Gasteiger partial charge >= 0.3 is 0 Å². The number of phenols is 1. The Morgan fingerprint density at radius 3 is 2.58 bits per heavy atom. The maximum absolute atomic E-state index is 15.1. The number of hydrogen-bond acceptors (Lipinski definition) is 5. The summed E-state index contributed by atoms with van der Waals surface area (Å²) >= 11 is 12.4. The van der Waals surface area contributed by atoms with Crippen molar-refractivity contribution in [3.8, 4) is 5.75 Å². The summed E-state index contributed by atoms with van der Waals surface area (Å²) < 4.78 is 31.5. The van der Waals surface area contributed by atoms with Crippen molar-refractivity contribution in [2.75, 3.05) is 0 Å². The molecule has 7 nitrogen and oxygen atoms in total. The molecule has 2 aromatic rings. The first-order valence-corrected chi connectivity index (χ1v) is 10.9. The Kier molecular flexibility index (Phi) is 5.62.